The number of nitrogens with zero attached hydrogens (tertiary/aromatic N) is 3. The number of ether oxygens (including phenoxy) is 1. The van der Waals surface area contributed by atoms with Gasteiger partial charge in [0.05, 0.1) is 31.1 Å². The molecule has 1 aromatic heterocycles. The average Bonchev–Trinajstić information content (AvgIpc) is 2.63. The van der Waals surface area contributed by atoms with E-state index in [1.807, 2.05) is 18.7 Å². The molecule has 0 spiro atoms. The maximum atomic E-state index is 9.56. The fourth-order valence-corrected chi connectivity index (χ4v) is 2.68. The first kappa shape index (κ1) is 13.4. The Labute approximate surface area is 108 Å². The maximum Gasteiger partial charge on any atom is 0.132 e. The largest absolute Gasteiger partial charge is 0.391 e. The maximum absolute atomic E-state index is 9.56. The van der Waals surface area contributed by atoms with Crippen molar-refractivity contribution in [3.8, 4) is 0 Å². The Hall–Kier alpha value is -1.07. The highest BCUT2D eigenvalue weighted by Crippen LogP contribution is 2.28. The molecule has 0 bridgehead atoms. The molecule has 5 nitrogen and oxygen atoms in total. The number of aliphatic hydroxyl groups excluding tert-OH is 1. The summed E-state index contributed by atoms with van der Waals surface area (Å²) in [6.45, 7) is 7.83. The first-order chi connectivity index (χ1) is 8.58. The number of hydrogen-bond donors (Lipinski definition) is 1. The van der Waals surface area contributed by atoms with Crippen molar-refractivity contribution in [2.45, 2.75) is 45.9 Å². The minimum atomic E-state index is 0.0389. The molecule has 2 unspecified atom stereocenters. The van der Waals surface area contributed by atoms with Gasteiger partial charge < -0.3 is 14.7 Å². The Morgan fingerprint density at radius 2 is 2.22 bits per heavy atom. The summed E-state index contributed by atoms with van der Waals surface area (Å²) >= 11 is 0. The zero-order valence-corrected chi connectivity index (χ0v) is 11.7. The van der Waals surface area contributed by atoms with Gasteiger partial charge in [-0.3, -0.25) is 4.68 Å². The SMILES string of the molecule is CCC1COC(C)CN1c1c(CO)c(C)nn1C. The van der Waals surface area contributed by atoms with Crippen molar-refractivity contribution in [3.05, 3.63) is 11.3 Å². The minimum absolute atomic E-state index is 0.0389. The molecule has 2 rings (SSSR count). The molecule has 2 heterocycles. The second-order valence-corrected chi connectivity index (χ2v) is 5.03. The third-order valence-electron chi connectivity index (χ3n) is 3.68. The molecule has 5 heteroatoms. The van der Waals surface area contributed by atoms with Gasteiger partial charge in [-0.05, 0) is 20.3 Å². The highest BCUT2D eigenvalue weighted by atomic mass is 16.5. The van der Waals surface area contributed by atoms with E-state index in [-0.39, 0.29) is 12.7 Å². The van der Waals surface area contributed by atoms with Gasteiger partial charge in [0, 0.05) is 19.2 Å². The molecule has 1 saturated heterocycles. The van der Waals surface area contributed by atoms with Crippen LogP contribution < -0.4 is 4.90 Å². The first-order valence-electron chi connectivity index (χ1n) is 6.60. The van der Waals surface area contributed by atoms with Crippen LogP contribution in [-0.4, -0.2) is 40.2 Å². The number of anilines is 1. The summed E-state index contributed by atoms with van der Waals surface area (Å²) in [7, 11) is 1.94. The third kappa shape index (κ3) is 2.24. The highest BCUT2D eigenvalue weighted by molar-refractivity contribution is 5.51. The molecule has 0 radical (unpaired) electrons. The van der Waals surface area contributed by atoms with Crippen molar-refractivity contribution in [2.75, 3.05) is 18.1 Å². The van der Waals surface area contributed by atoms with Crippen molar-refractivity contribution < 1.29 is 9.84 Å². The van der Waals surface area contributed by atoms with E-state index in [1.54, 1.807) is 0 Å². The van der Waals surface area contributed by atoms with E-state index < -0.39 is 0 Å². The van der Waals surface area contributed by atoms with Crippen LogP contribution >= 0.6 is 0 Å². The summed E-state index contributed by atoms with van der Waals surface area (Å²) in [6.07, 6.45) is 1.25. The van der Waals surface area contributed by atoms with Crippen LogP contribution in [0.25, 0.3) is 0 Å². The van der Waals surface area contributed by atoms with E-state index in [2.05, 4.69) is 23.8 Å². The van der Waals surface area contributed by atoms with Gasteiger partial charge in [0.25, 0.3) is 0 Å². The Morgan fingerprint density at radius 3 is 2.83 bits per heavy atom. The van der Waals surface area contributed by atoms with E-state index >= 15 is 0 Å². The zero-order chi connectivity index (χ0) is 13.3. The van der Waals surface area contributed by atoms with Gasteiger partial charge in [-0.1, -0.05) is 6.92 Å². The standard InChI is InChI=1S/C13H23N3O2/c1-5-11-8-18-9(2)6-16(11)13-12(7-17)10(3)14-15(13)4/h9,11,17H,5-8H2,1-4H3. The van der Waals surface area contributed by atoms with Crippen LogP contribution in [0.1, 0.15) is 31.5 Å². The molecule has 1 N–H and O–H groups in total. The normalized spacial score (nSPS) is 24.6. The molecule has 0 aromatic carbocycles. The van der Waals surface area contributed by atoms with Crippen molar-refractivity contribution in [2.24, 2.45) is 7.05 Å². The summed E-state index contributed by atoms with van der Waals surface area (Å²) in [5, 5.41) is 14.0. The minimum Gasteiger partial charge on any atom is -0.391 e. The van der Waals surface area contributed by atoms with Crippen LogP contribution in [0.4, 0.5) is 5.82 Å². The van der Waals surface area contributed by atoms with Crippen molar-refractivity contribution in [1.82, 2.24) is 9.78 Å². The molecule has 1 aromatic rings. The quantitative estimate of drug-likeness (QED) is 0.880. The number of aryl methyl sites for hydroxylation is 2. The van der Waals surface area contributed by atoms with Crippen LogP contribution in [0.2, 0.25) is 0 Å². The van der Waals surface area contributed by atoms with Gasteiger partial charge in [-0.2, -0.15) is 5.10 Å². The van der Waals surface area contributed by atoms with Gasteiger partial charge in [0.1, 0.15) is 5.82 Å². The van der Waals surface area contributed by atoms with Gasteiger partial charge in [-0.15, -0.1) is 0 Å². The number of morpholine rings is 1. The van der Waals surface area contributed by atoms with E-state index in [9.17, 15) is 5.11 Å². The van der Waals surface area contributed by atoms with E-state index in [1.165, 1.54) is 0 Å². The lowest BCUT2D eigenvalue weighted by molar-refractivity contribution is 0.0291. The number of hydrogen-bond acceptors (Lipinski definition) is 4. The molecule has 1 aliphatic rings. The van der Waals surface area contributed by atoms with Crippen LogP contribution in [0.15, 0.2) is 0 Å². The molecular weight excluding hydrogens is 230 g/mol. The van der Waals surface area contributed by atoms with E-state index in [0.717, 1.165) is 36.6 Å². The number of rotatable bonds is 3. The van der Waals surface area contributed by atoms with Crippen molar-refractivity contribution in [3.63, 3.8) is 0 Å². The summed E-state index contributed by atoms with van der Waals surface area (Å²) in [4.78, 5) is 2.33. The molecule has 0 saturated carbocycles. The lowest BCUT2D eigenvalue weighted by atomic mass is 10.1. The summed E-state index contributed by atoms with van der Waals surface area (Å²) in [5.41, 5.74) is 1.84. The Morgan fingerprint density at radius 1 is 1.50 bits per heavy atom. The monoisotopic (exact) mass is 253 g/mol. The Bertz CT molecular complexity index is 417. The van der Waals surface area contributed by atoms with Crippen LogP contribution in [0.5, 0.6) is 0 Å². The third-order valence-corrected chi connectivity index (χ3v) is 3.68. The molecule has 1 fully saturated rings. The van der Waals surface area contributed by atoms with Crippen molar-refractivity contribution in [1.29, 1.82) is 0 Å². The van der Waals surface area contributed by atoms with Gasteiger partial charge >= 0.3 is 0 Å². The Balaban J connectivity index is 2.38. The number of aromatic nitrogens is 2. The molecule has 0 aliphatic carbocycles. The van der Waals surface area contributed by atoms with Gasteiger partial charge in [0.2, 0.25) is 0 Å². The van der Waals surface area contributed by atoms with Crippen molar-refractivity contribution >= 4 is 5.82 Å². The van der Waals surface area contributed by atoms with Gasteiger partial charge in [0.15, 0.2) is 0 Å². The molecule has 102 valence electrons. The second kappa shape index (κ2) is 5.28. The topological polar surface area (TPSA) is 50.5 Å². The fraction of sp³-hybridized carbons (Fsp3) is 0.769. The van der Waals surface area contributed by atoms with E-state index in [4.69, 9.17) is 4.74 Å². The lowest BCUT2D eigenvalue weighted by Crippen LogP contribution is -2.49. The van der Waals surface area contributed by atoms with Gasteiger partial charge in [-0.25, -0.2) is 0 Å². The van der Waals surface area contributed by atoms with Crippen LogP contribution in [0, 0.1) is 6.92 Å². The first-order valence-corrected chi connectivity index (χ1v) is 6.60. The molecule has 2 atom stereocenters. The number of aliphatic hydroxyl groups is 1. The lowest BCUT2D eigenvalue weighted by Gasteiger charge is -2.40. The molecule has 18 heavy (non-hydrogen) atoms. The smallest absolute Gasteiger partial charge is 0.132 e. The average molecular weight is 253 g/mol. The Kier molecular flexibility index (Phi) is 3.92. The highest BCUT2D eigenvalue weighted by Gasteiger charge is 2.30. The predicted molar refractivity (Wildman–Crippen MR) is 70.7 cm³/mol. The summed E-state index contributed by atoms with van der Waals surface area (Å²) in [5.74, 6) is 1.04. The second-order valence-electron chi connectivity index (χ2n) is 5.03. The fourth-order valence-electron chi connectivity index (χ4n) is 2.68. The summed E-state index contributed by atoms with van der Waals surface area (Å²) in [6, 6.07) is 0.362. The zero-order valence-electron chi connectivity index (χ0n) is 11.7. The van der Waals surface area contributed by atoms with Crippen LogP contribution in [-0.2, 0) is 18.4 Å². The van der Waals surface area contributed by atoms with E-state index in [0.29, 0.717) is 6.04 Å². The summed E-state index contributed by atoms with van der Waals surface area (Å²) < 4.78 is 7.60. The van der Waals surface area contributed by atoms with Crippen LogP contribution in [0.3, 0.4) is 0 Å². The molecule has 1 aliphatic heterocycles. The molecular formula is C13H23N3O2. The predicted octanol–water partition coefficient (Wildman–Crippen LogP) is 1.22. The molecule has 0 amide bonds.